The molecule has 1 saturated heterocycles. The summed E-state index contributed by atoms with van der Waals surface area (Å²) in [4.78, 5) is 23.4. The highest BCUT2D eigenvalue weighted by Gasteiger charge is 2.35. The molecule has 1 aliphatic carbocycles. The van der Waals surface area contributed by atoms with Crippen LogP contribution in [0.2, 0.25) is 0 Å². The number of ether oxygens (including phenoxy) is 1. The quantitative estimate of drug-likeness (QED) is 0.493. The number of fused-ring (bicyclic) bond motifs is 1. The molecule has 5 rings (SSSR count). The highest BCUT2D eigenvalue weighted by atomic mass is 32.1. The Labute approximate surface area is 195 Å². The summed E-state index contributed by atoms with van der Waals surface area (Å²) in [6.45, 7) is 4.76. The van der Waals surface area contributed by atoms with Crippen LogP contribution in [0.5, 0.6) is 0 Å². The Morgan fingerprint density at radius 2 is 2.06 bits per heavy atom. The summed E-state index contributed by atoms with van der Waals surface area (Å²) in [5, 5.41) is 10.0. The van der Waals surface area contributed by atoms with Crippen LogP contribution in [0.4, 0.5) is 16.8 Å². The van der Waals surface area contributed by atoms with Crippen molar-refractivity contribution in [2.45, 2.75) is 38.6 Å². The van der Waals surface area contributed by atoms with Gasteiger partial charge in [0.2, 0.25) is 5.95 Å². The number of methoxy groups -OCH3 is 1. The molecule has 0 unspecified atom stereocenters. The fraction of sp³-hybridized carbons (Fsp3) is 0.545. The van der Waals surface area contributed by atoms with Gasteiger partial charge < -0.3 is 20.3 Å². The van der Waals surface area contributed by atoms with Gasteiger partial charge >= 0.3 is 5.97 Å². The molecule has 0 aromatic carbocycles. The van der Waals surface area contributed by atoms with Crippen LogP contribution in [0.3, 0.4) is 0 Å². The van der Waals surface area contributed by atoms with Gasteiger partial charge in [0.25, 0.3) is 0 Å². The zero-order valence-electron chi connectivity index (χ0n) is 18.3. The van der Waals surface area contributed by atoms with Gasteiger partial charge in [-0.15, -0.1) is 11.3 Å². The van der Waals surface area contributed by atoms with Crippen molar-refractivity contribution in [1.29, 1.82) is 0 Å². The maximum atomic E-state index is 11.6. The molecular formula is C22H28N6O2S2. The molecule has 1 saturated carbocycles. The number of esters is 1. The van der Waals surface area contributed by atoms with E-state index in [-0.39, 0.29) is 11.9 Å². The van der Waals surface area contributed by atoms with Crippen molar-refractivity contribution in [3.05, 3.63) is 23.2 Å². The van der Waals surface area contributed by atoms with Gasteiger partial charge in [-0.2, -0.15) is 9.36 Å². The molecule has 8 nitrogen and oxygen atoms in total. The number of thiophene rings is 1. The highest BCUT2D eigenvalue weighted by Crippen LogP contribution is 2.33. The molecule has 170 valence electrons. The Hall–Kier alpha value is -2.30. The second-order valence-electron chi connectivity index (χ2n) is 8.79. The number of likely N-dealkylation sites (tertiary alicyclic amines) is 1. The molecule has 0 spiro atoms. The molecule has 0 amide bonds. The number of anilines is 3. The molecule has 10 heteroatoms. The van der Waals surface area contributed by atoms with Gasteiger partial charge in [-0.3, -0.25) is 4.79 Å². The molecule has 1 aliphatic heterocycles. The van der Waals surface area contributed by atoms with Crippen LogP contribution < -0.4 is 10.6 Å². The Balaban J connectivity index is 1.17. The molecule has 3 aromatic rings. The second-order valence-corrected chi connectivity index (χ2v) is 10.5. The van der Waals surface area contributed by atoms with Gasteiger partial charge in [0, 0.05) is 25.7 Å². The van der Waals surface area contributed by atoms with Gasteiger partial charge in [-0.05, 0) is 67.6 Å². The minimum absolute atomic E-state index is 0.0700. The molecular weight excluding hydrogens is 444 g/mol. The summed E-state index contributed by atoms with van der Waals surface area (Å²) < 4.78 is 10.3. The summed E-state index contributed by atoms with van der Waals surface area (Å²) in [6.07, 6.45) is 4.65. The second kappa shape index (κ2) is 9.29. The van der Waals surface area contributed by atoms with E-state index in [1.54, 1.807) is 11.3 Å². The van der Waals surface area contributed by atoms with Crippen LogP contribution in [0.15, 0.2) is 17.5 Å². The molecule has 32 heavy (non-hydrogen) atoms. The van der Waals surface area contributed by atoms with Crippen molar-refractivity contribution in [2.24, 2.45) is 11.8 Å². The van der Waals surface area contributed by atoms with Crippen molar-refractivity contribution in [3.8, 4) is 0 Å². The van der Waals surface area contributed by atoms with E-state index < -0.39 is 0 Å². The largest absolute Gasteiger partial charge is 0.469 e. The Morgan fingerprint density at radius 3 is 2.78 bits per heavy atom. The molecule has 2 aliphatic rings. The number of hydrogen-bond acceptors (Lipinski definition) is 10. The Kier molecular flexibility index (Phi) is 6.25. The molecule has 2 fully saturated rings. The molecule has 0 radical (unpaired) electrons. The summed E-state index contributed by atoms with van der Waals surface area (Å²) in [7, 11) is 1.47. The number of carbonyl (C=O) groups excluding carboxylic acids is 1. The first-order valence-electron chi connectivity index (χ1n) is 11.1. The maximum Gasteiger partial charge on any atom is 0.311 e. The van der Waals surface area contributed by atoms with Crippen molar-refractivity contribution >= 4 is 55.8 Å². The third-order valence-corrected chi connectivity index (χ3v) is 8.07. The van der Waals surface area contributed by atoms with E-state index >= 15 is 0 Å². The summed E-state index contributed by atoms with van der Waals surface area (Å²) in [5.41, 5.74) is 1.95. The van der Waals surface area contributed by atoms with Crippen molar-refractivity contribution in [3.63, 3.8) is 0 Å². The first-order chi connectivity index (χ1) is 15.6. The highest BCUT2D eigenvalue weighted by molar-refractivity contribution is 7.17. The fourth-order valence-corrected chi connectivity index (χ4v) is 6.07. The molecule has 3 aromatic heterocycles. The average Bonchev–Trinajstić information content (AvgIpc) is 3.40. The van der Waals surface area contributed by atoms with Crippen molar-refractivity contribution in [2.75, 3.05) is 37.4 Å². The minimum atomic E-state index is -0.0711. The number of hydrogen-bond donors (Lipinski definition) is 2. The fourth-order valence-electron chi connectivity index (χ4n) is 4.63. The monoisotopic (exact) mass is 472 g/mol. The number of carbonyl (C=O) groups is 1. The number of rotatable bonds is 7. The van der Waals surface area contributed by atoms with E-state index in [1.165, 1.54) is 31.5 Å². The third kappa shape index (κ3) is 4.72. The lowest BCUT2D eigenvalue weighted by Crippen LogP contribution is -2.52. The lowest BCUT2D eigenvalue weighted by molar-refractivity contribution is -0.151. The summed E-state index contributed by atoms with van der Waals surface area (Å²) in [6, 6.07) is 4.47. The number of nitrogens with one attached hydrogen (secondary N) is 2. The van der Waals surface area contributed by atoms with Crippen molar-refractivity contribution < 1.29 is 9.53 Å². The van der Waals surface area contributed by atoms with E-state index in [0.717, 1.165) is 59.2 Å². The van der Waals surface area contributed by atoms with Gasteiger partial charge in [0.1, 0.15) is 10.8 Å². The van der Waals surface area contributed by atoms with E-state index in [2.05, 4.69) is 30.3 Å². The Bertz CT molecular complexity index is 1090. The average molecular weight is 473 g/mol. The predicted molar refractivity (Wildman–Crippen MR) is 129 cm³/mol. The SMILES string of the molecule is COC(=O)C1CN(C[C@H]2CC[C@H](Nc3nc(Nc4cc(C)ns4)nc4ccsc34)CC2)C1. The lowest BCUT2D eigenvalue weighted by atomic mass is 9.84. The van der Waals surface area contributed by atoms with Gasteiger partial charge in [-0.1, -0.05) is 0 Å². The van der Waals surface area contributed by atoms with E-state index in [4.69, 9.17) is 9.72 Å². The molecule has 0 atom stereocenters. The zero-order chi connectivity index (χ0) is 22.1. The first kappa shape index (κ1) is 21.5. The van der Waals surface area contributed by atoms with Gasteiger partial charge in [0.15, 0.2) is 0 Å². The van der Waals surface area contributed by atoms with E-state index in [0.29, 0.717) is 17.9 Å². The van der Waals surface area contributed by atoms with Crippen LogP contribution in [0, 0.1) is 18.8 Å². The lowest BCUT2D eigenvalue weighted by Gasteiger charge is -2.41. The predicted octanol–water partition coefficient (Wildman–Crippen LogP) is 4.28. The third-order valence-electron chi connectivity index (χ3n) is 6.36. The minimum Gasteiger partial charge on any atom is -0.469 e. The number of nitrogens with zero attached hydrogens (tertiary/aromatic N) is 4. The normalized spacial score (nSPS) is 21.9. The smallest absolute Gasteiger partial charge is 0.311 e. The number of aryl methyl sites for hydroxylation is 1. The van der Waals surface area contributed by atoms with Crippen LogP contribution >= 0.6 is 22.9 Å². The van der Waals surface area contributed by atoms with Gasteiger partial charge in [0.05, 0.1) is 28.9 Å². The van der Waals surface area contributed by atoms with Crippen molar-refractivity contribution in [1.82, 2.24) is 19.2 Å². The topological polar surface area (TPSA) is 92.3 Å². The van der Waals surface area contributed by atoms with E-state index in [9.17, 15) is 4.79 Å². The molecule has 0 bridgehead atoms. The summed E-state index contributed by atoms with van der Waals surface area (Å²) >= 11 is 3.10. The van der Waals surface area contributed by atoms with Crippen LogP contribution in [0.25, 0.3) is 10.2 Å². The first-order valence-corrected chi connectivity index (χ1v) is 12.7. The Morgan fingerprint density at radius 1 is 1.25 bits per heavy atom. The maximum absolute atomic E-state index is 11.6. The standard InChI is InChI=1S/C22H28N6O2S2/c1-13-9-18(32-27-13)25-22-24-17-7-8-31-19(17)20(26-22)23-16-5-3-14(4-6-16)10-28-11-15(12-28)21(29)30-2/h7-9,14-16H,3-6,10-12H2,1-2H3,(H2,23,24,25,26)/t14-,16-. The molecule has 2 N–H and O–H groups in total. The number of aromatic nitrogens is 3. The molecule has 4 heterocycles. The van der Waals surface area contributed by atoms with Crippen LogP contribution in [-0.2, 0) is 9.53 Å². The van der Waals surface area contributed by atoms with Crippen LogP contribution in [-0.4, -0.2) is 58.0 Å². The van der Waals surface area contributed by atoms with Crippen LogP contribution in [0.1, 0.15) is 31.4 Å². The van der Waals surface area contributed by atoms with Gasteiger partial charge in [-0.25, -0.2) is 4.98 Å². The van der Waals surface area contributed by atoms with E-state index in [1.807, 2.05) is 19.1 Å². The zero-order valence-corrected chi connectivity index (χ0v) is 20.0. The summed E-state index contributed by atoms with van der Waals surface area (Å²) in [5.74, 6) is 2.22.